The predicted molar refractivity (Wildman–Crippen MR) is 121 cm³/mol. The molecule has 11 heteroatoms. The fourth-order valence-corrected chi connectivity index (χ4v) is 4.35. The van der Waals surface area contributed by atoms with Crippen molar-refractivity contribution in [3.63, 3.8) is 0 Å². The van der Waals surface area contributed by atoms with Crippen LogP contribution in [0.25, 0.3) is 0 Å². The van der Waals surface area contributed by atoms with E-state index in [1.54, 1.807) is 31.2 Å². The molecule has 0 aliphatic carbocycles. The molecule has 10 nitrogen and oxygen atoms in total. The lowest BCUT2D eigenvalue weighted by molar-refractivity contribution is -0.122. The van der Waals surface area contributed by atoms with Crippen LogP contribution in [0, 0.1) is 0 Å². The fourth-order valence-electron chi connectivity index (χ4n) is 3.61. The molecule has 1 aliphatic heterocycles. The van der Waals surface area contributed by atoms with Crippen LogP contribution < -0.4 is 26.4 Å². The molecule has 2 aromatic rings. The molecule has 1 aromatic carbocycles. The monoisotopic (exact) mass is 461 g/mol. The van der Waals surface area contributed by atoms with Gasteiger partial charge < -0.3 is 26.3 Å². The van der Waals surface area contributed by atoms with Crippen molar-refractivity contribution in [3.8, 4) is 5.75 Å². The van der Waals surface area contributed by atoms with Crippen LogP contribution in [0.3, 0.4) is 0 Å². The molecule has 1 aromatic heterocycles. The Hall–Kier alpha value is -3.18. The van der Waals surface area contributed by atoms with Crippen LogP contribution >= 0.6 is 11.5 Å². The molecule has 0 bridgehead atoms. The van der Waals surface area contributed by atoms with Crippen LogP contribution in [0.2, 0.25) is 0 Å². The molecule has 3 rings (SSSR count). The number of rotatable bonds is 9. The van der Waals surface area contributed by atoms with Gasteiger partial charge in [0, 0.05) is 13.2 Å². The molecule has 172 valence electrons. The van der Waals surface area contributed by atoms with E-state index in [9.17, 15) is 14.4 Å². The van der Waals surface area contributed by atoms with E-state index in [-0.39, 0.29) is 28.3 Å². The number of nitrogens with two attached hydrogens (primary N) is 2. The molecular weight excluding hydrogens is 434 g/mol. The zero-order chi connectivity index (χ0) is 23.3. The van der Waals surface area contributed by atoms with Gasteiger partial charge in [0.2, 0.25) is 5.91 Å². The Balaban J connectivity index is 1.98. The minimum absolute atomic E-state index is 0.0232. The molecule has 0 saturated carbocycles. The van der Waals surface area contributed by atoms with Gasteiger partial charge in [0.25, 0.3) is 11.8 Å². The number of amides is 3. The Morgan fingerprint density at radius 1 is 1.38 bits per heavy atom. The quantitative estimate of drug-likeness (QED) is 0.513. The van der Waals surface area contributed by atoms with Crippen molar-refractivity contribution in [2.45, 2.75) is 38.3 Å². The lowest BCUT2D eigenvalue weighted by atomic mass is 10.1. The van der Waals surface area contributed by atoms with Gasteiger partial charge in [-0.25, -0.2) is 0 Å². The first-order valence-corrected chi connectivity index (χ1v) is 11.1. The smallest absolute Gasteiger partial charge is 0.272 e. The molecule has 0 radical (unpaired) electrons. The summed E-state index contributed by atoms with van der Waals surface area (Å²) in [5.41, 5.74) is 11.4. The lowest BCUT2D eigenvalue weighted by Gasteiger charge is -2.31. The van der Waals surface area contributed by atoms with E-state index < -0.39 is 17.9 Å². The van der Waals surface area contributed by atoms with E-state index in [0.717, 1.165) is 24.4 Å². The average Bonchev–Trinajstić information content (AvgIpc) is 3.45. The normalized spacial score (nSPS) is 16.4. The first-order valence-electron chi connectivity index (χ1n) is 10.3. The second-order valence-corrected chi connectivity index (χ2v) is 8.06. The van der Waals surface area contributed by atoms with Crippen molar-refractivity contribution in [2.75, 3.05) is 30.9 Å². The maximum atomic E-state index is 13.6. The molecule has 2 atom stereocenters. The van der Waals surface area contributed by atoms with Crippen molar-refractivity contribution < 1.29 is 23.9 Å². The molecule has 1 saturated heterocycles. The summed E-state index contributed by atoms with van der Waals surface area (Å²) in [6, 6.07) is 6.00. The Kier molecular flexibility index (Phi) is 7.65. The average molecular weight is 462 g/mol. The highest BCUT2D eigenvalue weighted by Gasteiger charge is 2.35. The molecule has 5 N–H and O–H groups in total. The number of anilines is 2. The van der Waals surface area contributed by atoms with Gasteiger partial charge in [-0.15, -0.1) is 0 Å². The number of primary amides is 1. The highest BCUT2D eigenvalue weighted by atomic mass is 32.1. The predicted octanol–water partition coefficient (Wildman–Crippen LogP) is 1.55. The van der Waals surface area contributed by atoms with Crippen molar-refractivity contribution in [1.29, 1.82) is 0 Å². The van der Waals surface area contributed by atoms with Gasteiger partial charge in [-0.1, -0.05) is 19.1 Å². The van der Waals surface area contributed by atoms with Gasteiger partial charge in [-0.05, 0) is 42.9 Å². The first-order chi connectivity index (χ1) is 15.4. The molecule has 32 heavy (non-hydrogen) atoms. The number of hydrogen-bond donors (Lipinski definition) is 3. The SMILES string of the molecule is CCC(C(=O)NCC1CCCO1)N(C(=O)c1snc(C(N)=O)c1N)c1ccccc1OC. The second kappa shape index (κ2) is 10.4. The molecule has 2 unspecified atom stereocenters. The summed E-state index contributed by atoms with van der Waals surface area (Å²) >= 11 is 0.763. The summed E-state index contributed by atoms with van der Waals surface area (Å²) in [6.07, 6.45) is 2.11. The lowest BCUT2D eigenvalue weighted by Crippen LogP contribution is -2.51. The number of benzene rings is 1. The van der Waals surface area contributed by atoms with E-state index in [0.29, 0.717) is 31.0 Å². The number of para-hydroxylation sites is 2. The van der Waals surface area contributed by atoms with Crippen LogP contribution in [0.15, 0.2) is 24.3 Å². The molecule has 3 amide bonds. The van der Waals surface area contributed by atoms with Crippen LogP contribution in [0.5, 0.6) is 5.75 Å². The Morgan fingerprint density at radius 3 is 2.72 bits per heavy atom. The van der Waals surface area contributed by atoms with Gasteiger partial charge >= 0.3 is 0 Å². The Bertz CT molecular complexity index is 989. The van der Waals surface area contributed by atoms with Gasteiger partial charge in [0.1, 0.15) is 16.7 Å². The molecule has 1 aliphatic rings. The van der Waals surface area contributed by atoms with Gasteiger partial charge in [0.05, 0.1) is 24.6 Å². The maximum Gasteiger partial charge on any atom is 0.272 e. The summed E-state index contributed by atoms with van der Waals surface area (Å²) in [7, 11) is 1.48. The number of ether oxygens (including phenoxy) is 2. The first kappa shape index (κ1) is 23.5. The third-order valence-corrected chi connectivity index (χ3v) is 6.10. The molecule has 1 fully saturated rings. The maximum absolute atomic E-state index is 13.6. The third kappa shape index (κ3) is 4.83. The fraction of sp³-hybridized carbons (Fsp3) is 0.429. The standard InChI is InChI=1S/C21H27N5O5S/c1-3-13(20(28)24-11-12-7-6-10-31-12)26(14-8-4-5-9-15(14)30-2)21(29)18-16(22)17(19(23)27)25-32-18/h4-5,8-9,12-13H,3,6-7,10-11,22H2,1-2H3,(H2,23,27)(H,24,28). The minimum Gasteiger partial charge on any atom is -0.495 e. The van der Waals surface area contributed by atoms with Crippen LogP contribution in [0.4, 0.5) is 11.4 Å². The number of hydrogen-bond acceptors (Lipinski definition) is 8. The van der Waals surface area contributed by atoms with Gasteiger partial charge in [-0.3, -0.25) is 19.3 Å². The summed E-state index contributed by atoms with van der Waals surface area (Å²) in [4.78, 5) is 39.7. The van der Waals surface area contributed by atoms with Gasteiger partial charge in [0.15, 0.2) is 5.69 Å². The van der Waals surface area contributed by atoms with Crippen LogP contribution in [0.1, 0.15) is 46.3 Å². The molecule has 0 spiro atoms. The van der Waals surface area contributed by atoms with E-state index in [1.165, 1.54) is 12.0 Å². The summed E-state index contributed by atoms with van der Waals surface area (Å²) in [5, 5.41) is 2.89. The van der Waals surface area contributed by atoms with Crippen molar-refractivity contribution in [3.05, 3.63) is 34.8 Å². The number of carbonyl (C=O) groups excluding carboxylic acids is 3. The van der Waals surface area contributed by atoms with E-state index in [2.05, 4.69) is 9.69 Å². The highest BCUT2D eigenvalue weighted by molar-refractivity contribution is 7.09. The largest absolute Gasteiger partial charge is 0.495 e. The number of nitrogen functional groups attached to an aromatic ring is 1. The van der Waals surface area contributed by atoms with E-state index >= 15 is 0 Å². The highest BCUT2D eigenvalue weighted by Crippen LogP contribution is 2.34. The van der Waals surface area contributed by atoms with Crippen LogP contribution in [-0.4, -0.2) is 54.5 Å². The topological polar surface area (TPSA) is 150 Å². The van der Waals surface area contributed by atoms with Crippen molar-refractivity contribution in [1.82, 2.24) is 9.69 Å². The summed E-state index contributed by atoms with van der Waals surface area (Å²) in [5.74, 6) is -1.33. The second-order valence-electron chi connectivity index (χ2n) is 7.29. The minimum atomic E-state index is -0.862. The van der Waals surface area contributed by atoms with Gasteiger partial charge in [-0.2, -0.15) is 4.37 Å². The number of nitrogens with zero attached hydrogens (tertiary/aromatic N) is 2. The zero-order valence-electron chi connectivity index (χ0n) is 18.0. The Morgan fingerprint density at radius 2 is 2.12 bits per heavy atom. The Labute approximate surface area is 190 Å². The molecule has 2 heterocycles. The number of aromatic nitrogens is 1. The molecular formula is C21H27N5O5S. The van der Waals surface area contributed by atoms with E-state index in [1.807, 2.05) is 0 Å². The number of nitrogens with one attached hydrogen (secondary N) is 1. The zero-order valence-corrected chi connectivity index (χ0v) is 18.8. The summed E-state index contributed by atoms with van der Waals surface area (Å²) in [6.45, 7) is 2.84. The van der Waals surface area contributed by atoms with Crippen LogP contribution in [-0.2, 0) is 9.53 Å². The number of carbonyl (C=O) groups is 3. The van der Waals surface area contributed by atoms with Crippen molar-refractivity contribution >= 4 is 40.6 Å². The number of methoxy groups -OCH3 is 1. The third-order valence-electron chi connectivity index (χ3n) is 5.25. The van der Waals surface area contributed by atoms with E-state index in [4.69, 9.17) is 20.9 Å². The summed E-state index contributed by atoms with van der Waals surface area (Å²) < 4.78 is 14.9. The van der Waals surface area contributed by atoms with Crippen molar-refractivity contribution in [2.24, 2.45) is 5.73 Å².